The van der Waals surface area contributed by atoms with Crippen LogP contribution in [0.2, 0.25) is 5.15 Å². The van der Waals surface area contributed by atoms with E-state index in [1.165, 1.54) is 0 Å². The van der Waals surface area contributed by atoms with Crippen LogP contribution in [0.25, 0.3) is 0 Å². The van der Waals surface area contributed by atoms with Crippen LogP contribution < -0.4 is 5.32 Å². The van der Waals surface area contributed by atoms with Crippen LogP contribution in [-0.2, 0) is 13.5 Å². The van der Waals surface area contributed by atoms with Gasteiger partial charge in [-0.2, -0.15) is 5.10 Å². The van der Waals surface area contributed by atoms with Crippen LogP contribution in [0, 0.1) is 6.92 Å². The summed E-state index contributed by atoms with van der Waals surface area (Å²) >= 11 is 6.09. The zero-order valence-corrected chi connectivity index (χ0v) is 9.31. The zero-order chi connectivity index (χ0) is 10.0. The lowest BCUT2D eigenvalue weighted by Crippen LogP contribution is -2.23. The van der Waals surface area contributed by atoms with E-state index in [0.29, 0.717) is 6.04 Å². The lowest BCUT2D eigenvalue weighted by Gasteiger charge is -2.09. The monoisotopic (exact) mass is 201 g/mol. The van der Waals surface area contributed by atoms with Gasteiger partial charge in [-0.3, -0.25) is 4.68 Å². The lowest BCUT2D eigenvalue weighted by molar-refractivity contribution is 0.607. The van der Waals surface area contributed by atoms with Crippen molar-refractivity contribution in [3.63, 3.8) is 0 Å². The van der Waals surface area contributed by atoms with Crippen molar-refractivity contribution in [2.45, 2.75) is 26.3 Å². The molecule has 3 nitrogen and oxygen atoms in total. The van der Waals surface area contributed by atoms with Crippen LogP contribution in [0.4, 0.5) is 0 Å². The Labute approximate surface area is 84.1 Å². The van der Waals surface area contributed by atoms with Crippen molar-refractivity contribution in [1.82, 2.24) is 15.1 Å². The van der Waals surface area contributed by atoms with E-state index < -0.39 is 0 Å². The molecule has 0 aliphatic rings. The van der Waals surface area contributed by atoms with Gasteiger partial charge in [0, 0.05) is 18.7 Å². The highest BCUT2D eigenvalue weighted by Gasteiger charge is 2.12. The van der Waals surface area contributed by atoms with E-state index in [4.69, 9.17) is 11.6 Å². The van der Waals surface area contributed by atoms with E-state index in [2.05, 4.69) is 17.3 Å². The predicted molar refractivity (Wildman–Crippen MR) is 55.2 cm³/mol. The maximum atomic E-state index is 6.09. The second-order valence-corrected chi connectivity index (χ2v) is 3.73. The predicted octanol–water partition coefficient (Wildman–Crippen LogP) is 1.53. The molecule has 0 bridgehead atoms. The summed E-state index contributed by atoms with van der Waals surface area (Å²) in [6.45, 7) is 4.12. The van der Waals surface area contributed by atoms with Crippen LogP contribution in [0.15, 0.2) is 0 Å². The molecule has 1 atom stereocenters. The second kappa shape index (κ2) is 4.11. The van der Waals surface area contributed by atoms with Gasteiger partial charge in [-0.15, -0.1) is 0 Å². The number of aryl methyl sites for hydroxylation is 2. The molecule has 74 valence electrons. The van der Waals surface area contributed by atoms with Gasteiger partial charge in [0.05, 0.1) is 5.69 Å². The van der Waals surface area contributed by atoms with E-state index in [9.17, 15) is 0 Å². The van der Waals surface area contributed by atoms with Gasteiger partial charge in [0.25, 0.3) is 0 Å². The van der Waals surface area contributed by atoms with Crippen molar-refractivity contribution in [2.75, 3.05) is 7.05 Å². The number of rotatable bonds is 3. The summed E-state index contributed by atoms with van der Waals surface area (Å²) < 4.78 is 1.72. The first-order valence-corrected chi connectivity index (χ1v) is 4.79. The molecule has 0 aromatic carbocycles. The van der Waals surface area contributed by atoms with E-state index >= 15 is 0 Å². The number of likely N-dealkylation sites (N-methyl/N-ethyl adjacent to an activating group) is 1. The van der Waals surface area contributed by atoms with Gasteiger partial charge in [-0.05, 0) is 27.3 Å². The topological polar surface area (TPSA) is 29.9 Å². The van der Waals surface area contributed by atoms with Gasteiger partial charge in [-0.1, -0.05) is 11.6 Å². The van der Waals surface area contributed by atoms with Crippen molar-refractivity contribution in [3.05, 3.63) is 16.4 Å². The Morgan fingerprint density at radius 1 is 1.62 bits per heavy atom. The highest BCUT2D eigenvalue weighted by molar-refractivity contribution is 6.30. The smallest absolute Gasteiger partial charge is 0.130 e. The van der Waals surface area contributed by atoms with Gasteiger partial charge in [-0.25, -0.2) is 0 Å². The molecular formula is C9H16ClN3. The summed E-state index contributed by atoms with van der Waals surface area (Å²) in [6.07, 6.45) is 0.926. The molecule has 1 N–H and O–H groups in total. The maximum Gasteiger partial charge on any atom is 0.130 e. The SMILES string of the molecule is CNC(C)Cc1c(C)nn(C)c1Cl. The second-order valence-electron chi connectivity index (χ2n) is 3.37. The molecule has 0 fully saturated rings. The molecule has 1 rings (SSSR count). The third-order valence-corrected chi connectivity index (χ3v) is 2.75. The molecule has 0 spiro atoms. The molecule has 1 aromatic rings. The summed E-state index contributed by atoms with van der Waals surface area (Å²) in [4.78, 5) is 0. The Hall–Kier alpha value is -0.540. The molecule has 1 unspecified atom stereocenters. The van der Waals surface area contributed by atoms with Crippen LogP contribution in [-0.4, -0.2) is 22.9 Å². The van der Waals surface area contributed by atoms with Crippen molar-refractivity contribution >= 4 is 11.6 Å². The van der Waals surface area contributed by atoms with Crippen LogP contribution >= 0.6 is 11.6 Å². The van der Waals surface area contributed by atoms with E-state index in [0.717, 1.165) is 22.8 Å². The molecule has 4 heteroatoms. The number of hydrogen-bond acceptors (Lipinski definition) is 2. The molecule has 0 aliphatic carbocycles. The average molecular weight is 202 g/mol. The highest BCUT2D eigenvalue weighted by Crippen LogP contribution is 2.19. The van der Waals surface area contributed by atoms with Gasteiger partial charge >= 0.3 is 0 Å². The van der Waals surface area contributed by atoms with Gasteiger partial charge in [0.2, 0.25) is 0 Å². The zero-order valence-electron chi connectivity index (χ0n) is 8.56. The molecule has 0 saturated carbocycles. The van der Waals surface area contributed by atoms with Crippen molar-refractivity contribution < 1.29 is 0 Å². The van der Waals surface area contributed by atoms with Crippen LogP contribution in [0.1, 0.15) is 18.2 Å². The minimum atomic E-state index is 0.431. The molecule has 1 heterocycles. The highest BCUT2D eigenvalue weighted by atomic mass is 35.5. The summed E-state index contributed by atoms with van der Waals surface area (Å²) in [5.41, 5.74) is 2.17. The third kappa shape index (κ3) is 2.23. The first kappa shape index (κ1) is 10.5. The normalized spacial score (nSPS) is 13.3. The minimum absolute atomic E-state index is 0.431. The summed E-state index contributed by atoms with van der Waals surface area (Å²) in [5.74, 6) is 0. The first-order valence-electron chi connectivity index (χ1n) is 4.41. The molecule has 1 aromatic heterocycles. The Balaban J connectivity index is 2.87. The molecule has 13 heavy (non-hydrogen) atoms. The summed E-state index contributed by atoms with van der Waals surface area (Å²) in [7, 11) is 3.81. The Bertz CT molecular complexity index is 293. The Kier molecular flexibility index (Phi) is 3.33. The summed E-state index contributed by atoms with van der Waals surface area (Å²) in [5, 5.41) is 8.19. The molecule has 0 saturated heterocycles. The number of nitrogens with zero attached hydrogens (tertiary/aromatic N) is 2. The maximum absolute atomic E-state index is 6.09. The lowest BCUT2D eigenvalue weighted by atomic mass is 10.1. The summed E-state index contributed by atoms with van der Waals surface area (Å²) in [6, 6.07) is 0.431. The van der Waals surface area contributed by atoms with Crippen molar-refractivity contribution in [2.24, 2.45) is 7.05 Å². The minimum Gasteiger partial charge on any atom is -0.317 e. The molecule has 0 radical (unpaired) electrons. The quantitative estimate of drug-likeness (QED) is 0.804. The standard InChI is InChI=1S/C9H16ClN3/c1-6(11-3)5-8-7(2)12-13(4)9(8)10/h6,11H,5H2,1-4H3. The average Bonchev–Trinajstić information content (AvgIpc) is 2.32. The van der Waals surface area contributed by atoms with E-state index in [1.807, 2.05) is 21.0 Å². The Morgan fingerprint density at radius 3 is 2.62 bits per heavy atom. The number of nitrogens with one attached hydrogen (secondary N) is 1. The van der Waals surface area contributed by atoms with E-state index in [1.54, 1.807) is 4.68 Å². The fourth-order valence-electron chi connectivity index (χ4n) is 1.31. The molecular weight excluding hydrogens is 186 g/mol. The van der Waals surface area contributed by atoms with Gasteiger partial charge in [0.1, 0.15) is 5.15 Å². The molecule has 0 aliphatic heterocycles. The first-order chi connectivity index (χ1) is 6.06. The third-order valence-electron chi connectivity index (χ3n) is 2.27. The largest absolute Gasteiger partial charge is 0.317 e. The number of halogens is 1. The van der Waals surface area contributed by atoms with Gasteiger partial charge < -0.3 is 5.32 Å². The Morgan fingerprint density at radius 2 is 2.23 bits per heavy atom. The molecule has 0 amide bonds. The number of hydrogen-bond donors (Lipinski definition) is 1. The van der Waals surface area contributed by atoms with Crippen LogP contribution in [0.5, 0.6) is 0 Å². The van der Waals surface area contributed by atoms with Crippen LogP contribution in [0.3, 0.4) is 0 Å². The fraction of sp³-hybridized carbons (Fsp3) is 0.667. The fourth-order valence-corrected chi connectivity index (χ4v) is 1.57. The van der Waals surface area contributed by atoms with Gasteiger partial charge in [0.15, 0.2) is 0 Å². The van der Waals surface area contributed by atoms with Crippen molar-refractivity contribution in [1.29, 1.82) is 0 Å². The van der Waals surface area contributed by atoms with Crippen molar-refractivity contribution in [3.8, 4) is 0 Å². The van der Waals surface area contributed by atoms with E-state index in [-0.39, 0.29) is 0 Å². The number of aromatic nitrogens is 2.